The van der Waals surface area contributed by atoms with E-state index in [1.54, 1.807) is 0 Å². The van der Waals surface area contributed by atoms with Crippen LogP contribution in [0.2, 0.25) is 0 Å². The molecule has 1 aromatic carbocycles. The van der Waals surface area contributed by atoms with Crippen molar-refractivity contribution in [3.8, 4) is 0 Å². The molecule has 3 nitrogen and oxygen atoms in total. The number of nitrogens with two attached hydrogens (primary N) is 2. The van der Waals surface area contributed by atoms with E-state index in [-0.39, 0.29) is 17.1 Å². The number of hydrogen-bond acceptors (Lipinski definition) is 3. The van der Waals surface area contributed by atoms with Gasteiger partial charge >= 0.3 is 6.18 Å². The molecule has 1 aromatic rings. The molecule has 0 saturated heterocycles. The van der Waals surface area contributed by atoms with Crippen molar-refractivity contribution in [2.75, 3.05) is 23.3 Å². The van der Waals surface area contributed by atoms with Crippen molar-refractivity contribution >= 4 is 17.1 Å². The second-order valence-corrected chi connectivity index (χ2v) is 4.16. The average molecular weight is 261 g/mol. The van der Waals surface area contributed by atoms with Crippen LogP contribution in [0.4, 0.5) is 30.2 Å². The lowest BCUT2D eigenvalue weighted by Crippen LogP contribution is -2.13. The van der Waals surface area contributed by atoms with Crippen LogP contribution in [0.15, 0.2) is 12.1 Å². The Hall–Kier alpha value is -1.59. The fraction of sp³-hybridized carbons (Fsp3) is 0.500. The van der Waals surface area contributed by atoms with E-state index in [9.17, 15) is 13.2 Å². The number of unbranched alkanes of at least 4 members (excludes halogenated alkanes) is 2. The van der Waals surface area contributed by atoms with Crippen molar-refractivity contribution in [2.24, 2.45) is 0 Å². The molecule has 0 radical (unpaired) electrons. The summed E-state index contributed by atoms with van der Waals surface area (Å²) in [6.07, 6.45) is -1.64. The quantitative estimate of drug-likeness (QED) is 0.561. The molecule has 0 fully saturated rings. The number of hydrogen-bond donors (Lipinski definition) is 3. The smallest absolute Gasteiger partial charge is 0.397 e. The van der Waals surface area contributed by atoms with Gasteiger partial charge in [-0.1, -0.05) is 19.8 Å². The Labute approximate surface area is 104 Å². The second kappa shape index (κ2) is 5.84. The zero-order valence-electron chi connectivity index (χ0n) is 10.3. The zero-order valence-corrected chi connectivity index (χ0v) is 10.3. The molecule has 0 amide bonds. The Balaban J connectivity index is 2.90. The monoisotopic (exact) mass is 261 g/mol. The van der Waals surface area contributed by atoms with Gasteiger partial charge in [-0.2, -0.15) is 13.2 Å². The molecule has 102 valence electrons. The highest BCUT2D eigenvalue weighted by molar-refractivity contribution is 5.73. The third-order valence-corrected chi connectivity index (χ3v) is 2.62. The lowest BCUT2D eigenvalue weighted by atomic mass is 10.1. The largest absolute Gasteiger partial charge is 0.418 e. The van der Waals surface area contributed by atoms with Crippen LogP contribution in [0.1, 0.15) is 31.7 Å². The SMILES string of the molecule is CCCCCNc1cc(N)c(N)cc1C(F)(F)F. The molecule has 0 bridgehead atoms. The van der Waals surface area contributed by atoms with E-state index in [1.165, 1.54) is 6.07 Å². The van der Waals surface area contributed by atoms with Gasteiger partial charge in [0.25, 0.3) is 0 Å². The lowest BCUT2D eigenvalue weighted by Gasteiger charge is -2.16. The summed E-state index contributed by atoms with van der Waals surface area (Å²) in [4.78, 5) is 0. The topological polar surface area (TPSA) is 64.1 Å². The van der Waals surface area contributed by atoms with Crippen LogP contribution in [-0.4, -0.2) is 6.54 Å². The maximum Gasteiger partial charge on any atom is 0.418 e. The van der Waals surface area contributed by atoms with Crippen LogP contribution in [0.3, 0.4) is 0 Å². The summed E-state index contributed by atoms with van der Waals surface area (Å²) in [5, 5.41) is 2.77. The molecule has 0 saturated carbocycles. The molecule has 5 N–H and O–H groups in total. The fourth-order valence-corrected chi connectivity index (χ4v) is 1.61. The molecule has 0 spiro atoms. The van der Waals surface area contributed by atoms with Crippen molar-refractivity contribution in [3.63, 3.8) is 0 Å². The fourth-order valence-electron chi connectivity index (χ4n) is 1.61. The van der Waals surface area contributed by atoms with E-state index in [0.717, 1.165) is 25.3 Å². The predicted octanol–water partition coefficient (Wildman–Crippen LogP) is 3.47. The standard InChI is InChI=1S/C12H18F3N3/c1-2-3-4-5-18-11-7-10(17)9(16)6-8(11)12(13,14)15/h6-7,18H,2-5,16-17H2,1H3. The Morgan fingerprint density at radius 1 is 1.11 bits per heavy atom. The van der Waals surface area contributed by atoms with E-state index in [2.05, 4.69) is 5.32 Å². The van der Waals surface area contributed by atoms with Gasteiger partial charge in [-0.25, -0.2) is 0 Å². The highest BCUT2D eigenvalue weighted by atomic mass is 19.4. The second-order valence-electron chi connectivity index (χ2n) is 4.16. The van der Waals surface area contributed by atoms with Gasteiger partial charge in [0.1, 0.15) is 0 Å². The summed E-state index contributed by atoms with van der Waals surface area (Å²) in [6, 6.07) is 2.11. The zero-order chi connectivity index (χ0) is 13.8. The Kier molecular flexibility index (Phi) is 4.69. The average Bonchev–Trinajstić information content (AvgIpc) is 2.27. The number of benzene rings is 1. The van der Waals surface area contributed by atoms with Gasteiger partial charge in [-0.15, -0.1) is 0 Å². The normalized spacial score (nSPS) is 11.6. The minimum Gasteiger partial charge on any atom is -0.397 e. The predicted molar refractivity (Wildman–Crippen MR) is 68.3 cm³/mol. The molecule has 0 unspecified atom stereocenters. The van der Waals surface area contributed by atoms with Crippen LogP contribution in [0.5, 0.6) is 0 Å². The highest BCUT2D eigenvalue weighted by Crippen LogP contribution is 2.38. The van der Waals surface area contributed by atoms with Crippen molar-refractivity contribution in [3.05, 3.63) is 17.7 Å². The number of alkyl halides is 3. The molecule has 0 aliphatic heterocycles. The van der Waals surface area contributed by atoms with Crippen LogP contribution in [0.25, 0.3) is 0 Å². The van der Waals surface area contributed by atoms with Gasteiger partial charge in [0.15, 0.2) is 0 Å². The molecular weight excluding hydrogens is 243 g/mol. The van der Waals surface area contributed by atoms with E-state index in [0.29, 0.717) is 6.54 Å². The maximum atomic E-state index is 12.8. The Bertz CT molecular complexity index is 402. The summed E-state index contributed by atoms with van der Waals surface area (Å²) in [7, 11) is 0. The van der Waals surface area contributed by atoms with Gasteiger partial charge in [0.2, 0.25) is 0 Å². The number of nitrogen functional groups attached to an aromatic ring is 2. The first-order valence-electron chi connectivity index (χ1n) is 5.86. The van der Waals surface area contributed by atoms with Crippen LogP contribution in [-0.2, 0) is 6.18 Å². The Morgan fingerprint density at radius 2 is 1.72 bits per heavy atom. The van der Waals surface area contributed by atoms with E-state index < -0.39 is 11.7 Å². The summed E-state index contributed by atoms with van der Waals surface area (Å²) < 4.78 is 38.4. The number of anilines is 3. The third-order valence-electron chi connectivity index (χ3n) is 2.62. The molecule has 0 aromatic heterocycles. The van der Waals surface area contributed by atoms with Crippen LogP contribution < -0.4 is 16.8 Å². The van der Waals surface area contributed by atoms with Gasteiger partial charge in [-0.3, -0.25) is 0 Å². The van der Waals surface area contributed by atoms with Crippen molar-refractivity contribution in [2.45, 2.75) is 32.4 Å². The minimum atomic E-state index is -4.44. The summed E-state index contributed by atoms with van der Waals surface area (Å²) >= 11 is 0. The third kappa shape index (κ3) is 3.72. The highest BCUT2D eigenvalue weighted by Gasteiger charge is 2.34. The summed E-state index contributed by atoms with van der Waals surface area (Å²) in [6.45, 7) is 2.52. The van der Waals surface area contributed by atoms with Crippen LogP contribution in [0, 0.1) is 0 Å². The number of nitrogens with one attached hydrogen (secondary N) is 1. The van der Waals surface area contributed by atoms with Gasteiger partial charge in [0, 0.05) is 12.2 Å². The van der Waals surface area contributed by atoms with E-state index >= 15 is 0 Å². The first kappa shape index (κ1) is 14.5. The first-order valence-corrected chi connectivity index (χ1v) is 5.86. The van der Waals surface area contributed by atoms with Crippen molar-refractivity contribution < 1.29 is 13.2 Å². The van der Waals surface area contributed by atoms with Crippen molar-refractivity contribution in [1.82, 2.24) is 0 Å². The van der Waals surface area contributed by atoms with Gasteiger partial charge < -0.3 is 16.8 Å². The van der Waals surface area contributed by atoms with Crippen LogP contribution >= 0.6 is 0 Å². The van der Waals surface area contributed by atoms with E-state index in [1.807, 2.05) is 6.92 Å². The molecule has 1 rings (SSSR count). The van der Waals surface area contributed by atoms with Gasteiger partial charge in [-0.05, 0) is 18.6 Å². The minimum absolute atomic E-state index is 0.00898. The maximum absolute atomic E-state index is 12.8. The molecule has 6 heteroatoms. The molecule has 0 aliphatic carbocycles. The molecule has 18 heavy (non-hydrogen) atoms. The van der Waals surface area contributed by atoms with Gasteiger partial charge in [0.05, 0.1) is 16.9 Å². The number of halogens is 3. The van der Waals surface area contributed by atoms with Crippen molar-refractivity contribution in [1.29, 1.82) is 0 Å². The lowest BCUT2D eigenvalue weighted by molar-refractivity contribution is -0.136. The van der Waals surface area contributed by atoms with E-state index in [4.69, 9.17) is 11.5 Å². The molecule has 0 heterocycles. The molecule has 0 atom stereocenters. The summed E-state index contributed by atoms with van der Waals surface area (Å²) in [5.41, 5.74) is 10.3. The first-order chi connectivity index (χ1) is 8.36. The molecule has 0 aliphatic rings. The molecular formula is C12H18F3N3. The Morgan fingerprint density at radius 3 is 2.28 bits per heavy atom. The number of rotatable bonds is 5. The summed E-state index contributed by atoms with van der Waals surface area (Å²) in [5.74, 6) is 0.